The number of hydrogen-bond acceptors (Lipinski definition) is 3. The maximum absolute atomic E-state index is 14.1. The van der Waals surface area contributed by atoms with Crippen LogP contribution in [0.15, 0.2) is 58.7 Å². The molecule has 0 saturated heterocycles. The second-order valence-electron chi connectivity index (χ2n) is 5.88. The number of nitrogens with zero attached hydrogens (tertiary/aromatic N) is 2. The standard InChI is InChI=1S/C20H19FN2O2S/c1-3-22(17-11-7-4-8-14(17)2)19(24)12-23-18(13-26-20(23)25)15-9-5-6-10-16(15)21/h4-11,13H,3,12H2,1-2H3. The van der Waals surface area contributed by atoms with Gasteiger partial charge in [0.1, 0.15) is 12.4 Å². The minimum atomic E-state index is -0.419. The van der Waals surface area contributed by atoms with E-state index in [0.29, 0.717) is 17.8 Å². The van der Waals surface area contributed by atoms with Crippen LogP contribution in [-0.2, 0) is 11.3 Å². The first kappa shape index (κ1) is 18.1. The highest BCUT2D eigenvalue weighted by Crippen LogP contribution is 2.24. The van der Waals surface area contributed by atoms with Gasteiger partial charge in [-0.2, -0.15) is 0 Å². The Morgan fingerprint density at radius 3 is 2.54 bits per heavy atom. The zero-order valence-corrected chi connectivity index (χ0v) is 15.4. The summed E-state index contributed by atoms with van der Waals surface area (Å²) in [4.78, 5) is 26.5. The average molecular weight is 370 g/mol. The molecule has 0 N–H and O–H groups in total. The summed E-state index contributed by atoms with van der Waals surface area (Å²) < 4.78 is 15.5. The quantitative estimate of drug-likeness (QED) is 0.679. The molecule has 3 rings (SSSR count). The number of benzene rings is 2. The van der Waals surface area contributed by atoms with Crippen LogP contribution in [0.4, 0.5) is 10.1 Å². The van der Waals surface area contributed by atoms with Crippen LogP contribution in [0.1, 0.15) is 12.5 Å². The highest BCUT2D eigenvalue weighted by molar-refractivity contribution is 7.07. The van der Waals surface area contributed by atoms with E-state index in [4.69, 9.17) is 0 Å². The van der Waals surface area contributed by atoms with Gasteiger partial charge in [-0.25, -0.2) is 4.39 Å². The molecule has 0 saturated carbocycles. The van der Waals surface area contributed by atoms with Crippen LogP contribution in [0, 0.1) is 12.7 Å². The smallest absolute Gasteiger partial charge is 0.308 e. The number of likely N-dealkylation sites (N-methyl/N-ethyl adjacent to an activating group) is 1. The van der Waals surface area contributed by atoms with E-state index in [1.807, 2.05) is 38.1 Å². The van der Waals surface area contributed by atoms with E-state index >= 15 is 0 Å². The normalized spacial score (nSPS) is 10.7. The fourth-order valence-corrected chi connectivity index (χ4v) is 3.68. The summed E-state index contributed by atoms with van der Waals surface area (Å²) >= 11 is 0.965. The van der Waals surface area contributed by atoms with Gasteiger partial charge in [0.15, 0.2) is 0 Å². The number of hydrogen-bond donors (Lipinski definition) is 0. The van der Waals surface area contributed by atoms with Gasteiger partial charge in [0, 0.05) is 23.2 Å². The summed E-state index contributed by atoms with van der Waals surface area (Å²) in [7, 11) is 0. The lowest BCUT2D eigenvalue weighted by Gasteiger charge is -2.23. The van der Waals surface area contributed by atoms with Crippen molar-refractivity contribution in [1.82, 2.24) is 4.57 Å². The number of halogens is 1. The maximum atomic E-state index is 14.1. The van der Waals surface area contributed by atoms with Crippen LogP contribution in [-0.4, -0.2) is 17.0 Å². The van der Waals surface area contributed by atoms with Gasteiger partial charge in [0.25, 0.3) is 0 Å². The van der Waals surface area contributed by atoms with Crippen LogP contribution in [0.25, 0.3) is 11.3 Å². The topological polar surface area (TPSA) is 42.3 Å². The monoisotopic (exact) mass is 370 g/mol. The van der Waals surface area contributed by atoms with E-state index in [9.17, 15) is 14.0 Å². The van der Waals surface area contributed by atoms with Crippen LogP contribution in [0.2, 0.25) is 0 Å². The molecule has 1 aromatic heterocycles. The Labute approximate surface area is 155 Å². The fraction of sp³-hybridized carbons (Fsp3) is 0.200. The predicted molar refractivity (Wildman–Crippen MR) is 103 cm³/mol. The highest BCUT2D eigenvalue weighted by Gasteiger charge is 2.20. The zero-order chi connectivity index (χ0) is 18.7. The lowest BCUT2D eigenvalue weighted by molar-refractivity contribution is -0.119. The summed E-state index contributed by atoms with van der Waals surface area (Å²) in [5.41, 5.74) is 2.54. The number of aromatic nitrogens is 1. The van der Waals surface area contributed by atoms with Crippen molar-refractivity contribution in [2.45, 2.75) is 20.4 Å². The second kappa shape index (κ2) is 7.66. The van der Waals surface area contributed by atoms with Gasteiger partial charge in [0.05, 0.1) is 5.69 Å². The lowest BCUT2D eigenvalue weighted by atomic mass is 10.1. The molecule has 4 nitrogen and oxygen atoms in total. The molecule has 0 radical (unpaired) electrons. The van der Waals surface area contributed by atoms with Gasteiger partial charge in [-0.1, -0.05) is 41.7 Å². The second-order valence-corrected chi connectivity index (χ2v) is 6.70. The molecule has 0 aliphatic rings. The first-order valence-electron chi connectivity index (χ1n) is 8.32. The van der Waals surface area contributed by atoms with Crippen LogP contribution < -0.4 is 9.77 Å². The first-order chi connectivity index (χ1) is 12.5. The van der Waals surface area contributed by atoms with Gasteiger partial charge in [-0.15, -0.1) is 0 Å². The minimum absolute atomic E-state index is 0.131. The molecule has 0 bridgehead atoms. The fourth-order valence-electron chi connectivity index (χ4n) is 2.93. The molecule has 2 aromatic carbocycles. The van der Waals surface area contributed by atoms with Crippen molar-refractivity contribution in [3.8, 4) is 11.3 Å². The number of amides is 1. The van der Waals surface area contributed by atoms with Crippen molar-refractivity contribution in [2.75, 3.05) is 11.4 Å². The molecule has 0 unspecified atom stereocenters. The third kappa shape index (κ3) is 3.46. The molecule has 0 aliphatic heterocycles. The summed E-state index contributed by atoms with van der Waals surface area (Å²) in [5, 5.41) is 1.60. The van der Waals surface area contributed by atoms with E-state index in [1.165, 1.54) is 10.6 Å². The van der Waals surface area contributed by atoms with Crippen molar-refractivity contribution in [3.63, 3.8) is 0 Å². The van der Waals surface area contributed by atoms with Crippen LogP contribution in [0.3, 0.4) is 0 Å². The molecule has 6 heteroatoms. The Kier molecular flexibility index (Phi) is 5.32. The molecule has 0 atom stereocenters. The Balaban J connectivity index is 1.95. The Bertz CT molecular complexity index is 993. The minimum Gasteiger partial charge on any atom is -0.311 e. The van der Waals surface area contributed by atoms with Crippen molar-refractivity contribution in [1.29, 1.82) is 0 Å². The third-order valence-electron chi connectivity index (χ3n) is 4.25. The number of rotatable bonds is 5. The first-order valence-corrected chi connectivity index (χ1v) is 9.20. The molecule has 0 fully saturated rings. The summed E-state index contributed by atoms with van der Waals surface area (Å²) in [6.07, 6.45) is 0. The van der Waals surface area contributed by atoms with E-state index < -0.39 is 5.82 Å². The SMILES string of the molecule is CCN(C(=O)Cn1c(-c2ccccc2F)csc1=O)c1ccccc1C. The number of aryl methyl sites for hydroxylation is 1. The maximum Gasteiger partial charge on any atom is 0.308 e. The van der Waals surface area contributed by atoms with E-state index in [2.05, 4.69) is 0 Å². The largest absolute Gasteiger partial charge is 0.311 e. The van der Waals surface area contributed by atoms with Crippen molar-refractivity contribution < 1.29 is 9.18 Å². The van der Waals surface area contributed by atoms with E-state index in [-0.39, 0.29) is 17.3 Å². The van der Waals surface area contributed by atoms with Gasteiger partial charge >= 0.3 is 4.87 Å². The predicted octanol–water partition coefficient (Wildman–Crippen LogP) is 4.08. The molecule has 0 spiro atoms. The Morgan fingerprint density at radius 2 is 1.85 bits per heavy atom. The number of para-hydroxylation sites is 1. The Hall–Kier alpha value is -2.73. The molecule has 0 aliphatic carbocycles. The molecule has 3 aromatic rings. The van der Waals surface area contributed by atoms with Gasteiger partial charge in [-0.3, -0.25) is 14.2 Å². The summed E-state index contributed by atoms with van der Waals surface area (Å²) in [6.45, 7) is 4.18. The molecular weight excluding hydrogens is 351 g/mol. The number of carbonyl (C=O) groups is 1. The van der Waals surface area contributed by atoms with Gasteiger partial charge in [0.2, 0.25) is 5.91 Å². The average Bonchev–Trinajstić information content (AvgIpc) is 2.98. The van der Waals surface area contributed by atoms with Crippen LogP contribution in [0.5, 0.6) is 0 Å². The van der Waals surface area contributed by atoms with E-state index in [1.54, 1.807) is 28.5 Å². The van der Waals surface area contributed by atoms with E-state index in [0.717, 1.165) is 22.6 Å². The zero-order valence-electron chi connectivity index (χ0n) is 14.6. The molecule has 1 amide bonds. The van der Waals surface area contributed by atoms with Gasteiger partial charge in [-0.05, 0) is 37.6 Å². The van der Waals surface area contributed by atoms with Crippen molar-refractivity contribution in [3.05, 3.63) is 75.0 Å². The van der Waals surface area contributed by atoms with Crippen molar-refractivity contribution >= 4 is 22.9 Å². The number of thiazole rings is 1. The molecular formula is C20H19FN2O2S. The lowest BCUT2D eigenvalue weighted by Crippen LogP contribution is -2.36. The number of anilines is 1. The summed E-state index contributed by atoms with van der Waals surface area (Å²) in [6, 6.07) is 13.9. The van der Waals surface area contributed by atoms with Crippen LogP contribution >= 0.6 is 11.3 Å². The number of carbonyl (C=O) groups excluding carboxylic acids is 1. The third-order valence-corrected chi connectivity index (χ3v) is 5.01. The summed E-state index contributed by atoms with van der Waals surface area (Å²) in [5.74, 6) is -0.627. The van der Waals surface area contributed by atoms with Crippen molar-refractivity contribution in [2.24, 2.45) is 0 Å². The highest BCUT2D eigenvalue weighted by atomic mass is 32.1. The molecule has 134 valence electrons. The Morgan fingerprint density at radius 1 is 1.15 bits per heavy atom. The molecule has 1 heterocycles. The molecule has 26 heavy (non-hydrogen) atoms. The van der Waals surface area contributed by atoms with Gasteiger partial charge < -0.3 is 4.90 Å².